The zero-order valence-corrected chi connectivity index (χ0v) is 17.0. The van der Waals surface area contributed by atoms with Crippen molar-refractivity contribution in [2.24, 2.45) is 11.8 Å². The van der Waals surface area contributed by atoms with Gasteiger partial charge in [0.1, 0.15) is 5.75 Å². The first-order valence-electron chi connectivity index (χ1n) is 10.1. The van der Waals surface area contributed by atoms with E-state index in [0.29, 0.717) is 0 Å². The van der Waals surface area contributed by atoms with Crippen LogP contribution in [0.4, 0.5) is 5.95 Å². The van der Waals surface area contributed by atoms with Gasteiger partial charge in [-0.1, -0.05) is 18.6 Å². The minimum atomic E-state index is -0.744. The standard InChI is InChI=1S/C22H30N4O2/c1-25(2)21-23-11-16(12-24-21)13-26-14-18-5-4-6-19(15-26)22(18,27)17-7-9-20(28-3)10-8-17/h7-12,18-19,27H,4-6,13-15H2,1-3H3. The lowest BCUT2D eigenvalue weighted by molar-refractivity contribution is -0.148. The van der Waals surface area contributed by atoms with Crippen molar-refractivity contribution in [2.75, 3.05) is 39.2 Å². The molecule has 1 aromatic carbocycles. The molecule has 2 aromatic rings. The van der Waals surface area contributed by atoms with Crippen LogP contribution in [0.25, 0.3) is 0 Å². The maximum absolute atomic E-state index is 11.8. The van der Waals surface area contributed by atoms with Crippen LogP contribution >= 0.6 is 0 Å². The average Bonchev–Trinajstić information content (AvgIpc) is 2.69. The van der Waals surface area contributed by atoms with Crippen molar-refractivity contribution in [1.82, 2.24) is 14.9 Å². The third kappa shape index (κ3) is 3.47. The number of likely N-dealkylation sites (tertiary alicyclic amines) is 1. The summed E-state index contributed by atoms with van der Waals surface area (Å²) in [5.41, 5.74) is 1.41. The number of methoxy groups -OCH3 is 1. The van der Waals surface area contributed by atoms with Gasteiger partial charge in [0.05, 0.1) is 12.7 Å². The second-order valence-electron chi connectivity index (χ2n) is 8.36. The summed E-state index contributed by atoms with van der Waals surface area (Å²) in [6.45, 7) is 2.63. The molecule has 2 bridgehead atoms. The zero-order chi connectivity index (χ0) is 19.7. The fourth-order valence-electron chi connectivity index (χ4n) is 4.92. The molecule has 2 fully saturated rings. The largest absolute Gasteiger partial charge is 0.497 e. The van der Waals surface area contributed by atoms with Gasteiger partial charge in [-0.15, -0.1) is 0 Å². The van der Waals surface area contributed by atoms with Gasteiger partial charge in [0, 0.05) is 63.5 Å². The van der Waals surface area contributed by atoms with E-state index in [0.717, 1.165) is 55.3 Å². The number of hydrogen-bond acceptors (Lipinski definition) is 6. The van der Waals surface area contributed by atoms with Crippen LogP contribution < -0.4 is 9.64 Å². The molecular formula is C22H30N4O2. The van der Waals surface area contributed by atoms with Crippen LogP contribution in [0.1, 0.15) is 30.4 Å². The fourth-order valence-corrected chi connectivity index (χ4v) is 4.92. The normalized spacial score (nSPS) is 27.4. The Morgan fingerprint density at radius 3 is 2.25 bits per heavy atom. The lowest BCUT2D eigenvalue weighted by Gasteiger charge is -2.53. The number of aliphatic hydroxyl groups is 1. The summed E-state index contributed by atoms with van der Waals surface area (Å²) < 4.78 is 5.29. The number of fused-ring (bicyclic) bond motifs is 2. The molecule has 150 valence electrons. The molecule has 6 nitrogen and oxygen atoms in total. The number of hydrogen-bond donors (Lipinski definition) is 1. The predicted octanol–water partition coefficient (Wildman–Crippen LogP) is 2.67. The van der Waals surface area contributed by atoms with E-state index >= 15 is 0 Å². The van der Waals surface area contributed by atoms with Crippen LogP contribution in [-0.4, -0.2) is 54.3 Å². The van der Waals surface area contributed by atoms with Crippen molar-refractivity contribution in [3.8, 4) is 5.75 Å². The van der Waals surface area contributed by atoms with Crippen LogP contribution in [0.3, 0.4) is 0 Å². The van der Waals surface area contributed by atoms with E-state index in [1.165, 1.54) is 6.42 Å². The maximum atomic E-state index is 11.8. The summed E-state index contributed by atoms with van der Waals surface area (Å²) in [6, 6.07) is 7.99. The van der Waals surface area contributed by atoms with E-state index < -0.39 is 5.60 Å². The number of nitrogens with zero attached hydrogens (tertiary/aromatic N) is 4. The molecule has 0 radical (unpaired) electrons. The second kappa shape index (κ2) is 7.68. The monoisotopic (exact) mass is 382 g/mol. The smallest absolute Gasteiger partial charge is 0.224 e. The Kier molecular flexibility index (Phi) is 5.25. The summed E-state index contributed by atoms with van der Waals surface area (Å²) >= 11 is 0. The van der Waals surface area contributed by atoms with Gasteiger partial charge >= 0.3 is 0 Å². The first-order chi connectivity index (χ1) is 13.5. The summed E-state index contributed by atoms with van der Waals surface area (Å²) in [5, 5.41) is 11.8. The number of benzene rings is 1. The molecule has 4 rings (SSSR count). The van der Waals surface area contributed by atoms with E-state index in [9.17, 15) is 5.11 Å². The van der Waals surface area contributed by atoms with Gasteiger partial charge in [0.2, 0.25) is 5.95 Å². The summed E-state index contributed by atoms with van der Waals surface area (Å²) in [5.74, 6) is 2.05. The van der Waals surface area contributed by atoms with Crippen molar-refractivity contribution < 1.29 is 9.84 Å². The minimum Gasteiger partial charge on any atom is -0.497 e. The SMILES string of the molecule is COc1ccc(C2(O)C3CCCC2CN(Cc2cnc(N(C)C)nc2)C3)cc1. The van der Waals surface area contributed by atoms with E-state index in [-0.39, 0.29) is 11.8 Å². The van der Waals surface area contributed by atoms with Crippen LogP contribution in [0.15, 0.2) is 36.7 Å². The number of anilines is 1. The van der Waals surface area contributed by atoms with E-state index in [4.69, 9.17) is 4.74 Å². The lowest BCUT2D eigenvalue weighted by atomic mass is 9.62. The fraction of sp³-hybridized carbons (Fsp3) is 0.545. The van der Waals surface area contributed by atoms with Gasteiger partial charge in [0.25, 0.3) is 0 Å². The third-order valence-corrected chi connectivity index (χ3v) is 6.36. The highest BCUT2D eigenvalue weighted by Crippen LogP contribution is 2.49. The summed E-state index contributed by atoms with van der Waals surface area (Å²) in [7, 11) is 5.56. The summed E-state index contributed by atoms with van der Waals surface area (Å²) in [6.07, 6.45) is 7.16. The van der Waals surface area contributed by atoms with Crippen LogP contribution in [0.5, 0.6) is 5.75 Å². The van der Waals surface area contributed by atoms with Gasteiger partial charge < -0.3 is 14.7 Å². The Morgan fingerprint density at radius 2 is 1.71 bits per heavy atom. The first kappa shape index (κ1) is 19.2. The highest BCUT2D eigenvalue weighted by atomic mass is 16.5. The molecule has 1 saturated heterocycles. The maximum Gasteiger partial charge on any atom is 0.224 e. The molecular weight excluding hydrogens is 352 g/mol. The van der Waals surface area contributed by atoms with Crippen molar-refractivity contribution in [3.05, 3.63) is 47.8 Å². The molecule has 0 spiro atoms. The average molecular weight is 383 g/mol. The van der Waals surface area contributed by atoms with Crippen molar-refractivity contribution in [3.63, 3.8) is 0 Å². The molecule has 1 N–H and O–H groups in total. The van der Waals surface area contributed by atoms with Crippen LogP contribution in [0.2, 0.25) is 0 Å². The Bertz CT molecular complexity index is 777. The predicted molar refractivity (Wildman–Crippen MR) is 109 cm³/mol. The van der Waals surface area contributed by atoms with E-state index in [1.807, 2.05) is 55.7 Å². The topological polar surface area (TPSA) is 61.7 Å². The molecule has 1 aromatic heterocycles. The van der Waals surface area contributed by atoms with Gasteiger partial charge in [0.15, 0.2) is 0 Å². The van der Waals surface area contributed by atoms with Gasteiger partial charge in [-0.05, 0) is 30.5 Å². The number of piperidine rings is 1. The number of aromatic nitrogens is 2. The molecule has 2 heterocycles. The highest BCUT2D eigenvalue weighted by molar-refractivity contribution is 5.33. The zero-order valence-electron chi connectivity index (χ0n) is 17.0. The highest BCUT2D eigenvalue weighted by Gasteiger charge is 2.51. The van der Waals surface area contributed by atoms with Crippen LogP contribution in [0, 0.1) is 11.8 Å². The minimum absolute atomic E-state index is 0.246. The Balaban J connectivity index is 1.51. The van der Waals surface area contributed by atoms with Crippen molar-refractivity contribution in [1.29, 1.82) is 0 Å². The third-order valence-electron chi connectivity index (χ3n) is 6.36. The van der Waals surface area contributed by atoms with E-state index in [1.54, 1.807) is 7.11 Å². The Hall–Kier alpha value is -2.18. The molecule has 0 amide bonds. The molecule has 2 aliphatic rings. The van der Waals surface area contributed by atoms with Gasteiger partial charge in [-0.2, -0.15) is 0 Å². The van der Waals surface area contributed by atoms with Crippen molar-refractivity contribution >= 4 is 5.95 Å². The molecule has 1 saturated carbocycles. The lowest BCUT2D eigenvalue weighted by Crippen LogP contribution is -2.57. The van der Waals surface area contributed by atoms with E-state index in [2.05, 4.69) is 14.9 Å². The molecule has 28 heavy (non-hydrogen) atoms. The second-order valence-corrected chi connectivity index (χ2v) is 8.36. The molecule has 6 heteroatoms. The quantitative estimate of drug-likeness (QED) is 0.858. The summed E-state index contributed by atoms with van der Waals surface area (Å²) in [4.78, 5) is 13.2. The van der Waals surface area contributed by atoms with Crippen LogP contribution in [-0.2, 0) is 12.1 Å². The number of rotatable bonds is 5. The van der Waals surface area contributed by atoms with Gasteiger partial charge in [-0.3, -0.25) is 4.90 Å². The first-order valence-corrected chi connectivity index (χ1v) is 10.1. The Morgan fingerprint density at radius 1 is 1.11 bits per heavy atom. The molecule has 2 atom stereocenters. The number of ether oxygens (including phenoxy) is 1. The van der Waals surface area contributed by atoms with Gasteiger partial charge in [-0.25, -0.2) is 9.97 Å². The molecule has 1 aliphatic heterocycles. The van der Waals surface area contributed by atoms with Crippen molar-refractivity contribution in [2.45, 2.75) is 31.4 Å². The Labute approximate surface area is 167 Å². The molecule has 1 aliphatic carbocycles. The molecule has 2 unspecified atom stereocenters.